The van der Waals surface area contributed by atoms with Gasteiger partial charge in [-0.2, -0.15) is 5.10 Å². The fourth-order valence-electron chi connectivity index (χ4n) is 0.798. The van der Waals surface area contributed by atoms with Gasteiger partial charge in [0.05, 0.1) is 11.4 Å². The molecule has 4 nitrogen and oxygen atoms in total. The highest BCUT2D eigenvalue weighted by Crippen LogP contribution is 2.11. The molecule has 0 aliphatic rings. The first-order valence-electron chi connectivity index (χ1n) is 2.75. The van der Waals surface area contributed by atoms with E-state index in [2.05, 4.69) is 10.2 Å². The third-order valence-corrected chi connectivity index (χ3v) is 2.19. The van der Waals surface area contributed by atoms with E-state index in [0.717, 1.165) is 0 Å². The van der Waals surface area contributed by atoms with Crippen molar-refractivity contribution in [2.45, 2.75) is 18.7 Å². The molecule has 0 fully saturated rings. The lowest BCUT2D eigenvalue weighted by molar-refractivity contribution is 0.563. The monoisotopic (exact) mass is 160 g/mol. The van der Waals surface area contributed by atoms with Crippen molar-refractivity contribution in [1.82, 2.24) is 10.2 Å². The van der Waals surface area contributed by atoms with Crippen LogP contribution in [0.1, 0.15) is 11.4 Å². The highest BCUT2D eigenvalue weighted by atomic mass is 32.2. The fraction of sp³-hybridized carbons (Fsp3) is 0.400. The standard InChI is InChI=1S/C5H8N2O2S/c1-3-5(10(8)9)4(2)7-6-3/h1-2H3,(H,6,7)(H,8,9). The Bertz CT molecular complexity index is 249. The Kier molecular flexibility index (Phi) is 1.87. The zero-order valence-electron chi connectivity index (χ0n) is 5.71. The van der Waals surface area contributed by atoms with Crippen LogP contribution in [0.25, 0.3) is 0 Å². The van der Waals surface area contributed by atoms with E-state index < -0.39 is 11.1 Å². The van der Waals surface area contributed by atoms with Crippen LogP contribution in [0.4, 0.5) is 0 Å². The molecule has 0 radical (unpaired) electrons. The predicted molar refractivity (Wildman–Crippen MR) is 37.1 cm³/mol. The van der Waals surface area contributed by atoms with Gasteiger partial charge in [-0.3, -0.25) is 5.10 Å². The van der Waals surface area contributed by atoms with Gasteiger partial charge in [0.15, 0.2) is 11.1 Å². The molecule has 0 amide bonds. The average Bonchev–Trinajstić information content (AvgIpc) is 2.11. The molecule has 0 aromatic carbocycles. The number of aromatic amines is 1. The zero-order chi connectivity index (χ0) is 7.72. The van der Waals surface area contributed by atoms with Crippen molar-refractivity contribution >= 4 is 11.1 Å². The summed E-state index contributed by atoms with van der Waals surface area (Å²) in [5.41, 5.74) is 1.23. The summed E-state index contributed by atoms with van der Waals surface area (Å²) in [5, 5.41) is 6.37. The molecule has 0 spiro atoms. The Morgan fingerprint density at radius 2 is 2.20 bits per heavy atom. The maximum absolute atomic E-state index is 10.6. The minimum absolute atomic E-state index is 0.389. The van der Waals surface area contributed by atoms with Gasteiger partial charge in [0.25, 0.3) is 0 Å². The first-order chi connectivity index (χ1) is 4.63. The van der Waals surface area contributed by atoms with Crippen molar-refractivity contribution in [3.05, 3.63) is 11.4 Å². The van der Waals surface area contributed by atoms with E-state index in [0.29, 0.717) is 16.3 Å². The predicted octanol–water partition coefficient (Wildman–Crippen LogP) is 0.607. The summed E-state index contributed by atoms with van der Waals surface area (Å²) in [7, 11) is 0. The minimum Gasteiger partial charge on any atom is -0.302 e. The molecule has 0 saturated heterocycles. The summed E-state index contributed by atoms with van der Waals surface area (Å²) in [6, 6.07) is 0. The minimum atomic E-state index is -1.91. The number of rotatable bonds is 1. The van der Waals surface area contributed by atoms with Crippen LogP contribution in [0.2, 0.25) is 0 Å². The van der Waals surface area contributed by atoms with E-state index in [1.165, 1.54) is 0 Å². The molecule has 5 heteroatoms. The van der Waals surface area contributed by atoms with Crippen LogP contribution in [0.5, 0.6) is 0 Å². The van der Waals surface area contributed by atoms with E-state index in [-0.39, 0.29) is 0 Å². The highest BCUT2D eigenvalue weighted by molar-refractivity contribution is 7.79. The van der Waals surface area contributed by atoms with Gasteiger partial charge in [-0.1, -0.05) is 0 Å². The smallest absolute Gasteiger partial charge is 0.190 e. The van der Waals surface area contributed by atoms with Crippen LogP contribution < -0.4 is 0 Å². The third kappa shape index (κ3) is 1.10. The SMILES string of the molecule is Cc1n[nH]c(C)c1S(=O)O. The quantitative estimate of drug-likeness (QED) is 0.591. The van der Waals surface area contributed by atoms with Crippen LogP contribution >= 0.6 is 0 Å². The maximum Gasteiger partial charge on any atom is 0.190 e. The summed E-state index contributed by atoms with van der Waals surface area (Å²) in [5.74, 6) is 0. The first kappa shape index (κ1) is 7.43. The summed E-state index contributed by atoms with van der Waals surface area (Å²) in [4.78, 5) is 0.389. The van der Waals surface area contributed by atoms with Crippen LogP contribution in [0, 0.1) is 13.8 Å². The van der Waals surface area contributed by atoms with Crippen molar-refractivity contribution in [2.24, 2.45) is 0 Å². The van der Waals surface area contributed by atoms with E-state index in [1.807, 2.05) is 0 Å². The number of hydrogen-bond donors (Lipinski definition) is 2. The number of aromatic nitrogens is 2. The fourth-order valence-corrected chi connectivity index (χ4v) is 1.40. The Morgan fingerprint density at radius 1 is 1.60 bits per heavy atom. The Morgan fingerprint density at radius 3 is 2.40 bits per heavy atom. The largest absolute Gasteiger partial charge is 0.302 e. The van der Waals surface area contributed by atoms with Crippen LogP contribution in [-0.4, -0.2) is 19.0 Å². The van der Waals surface area contributed by atoms with Gasteiger partial charge < -0.3 is 4.55 Å². The topological polar surface area (TPSA) is 66.0 Å². The molecule has 1 aromatic rings. The Labute approximate surface area is 60.9 Å². The van der Waals surface area contributed by atoms with Gasteiger partial charge in [0.1, 0.15) is 4.90 Å². The van der Waals surface area contributed by atoms with Gasteiger partial charge in [-0.15, -0.1) is 0 Å². The number of aryl methyl sites for hydroxylation is 2. The van der Waals surface area contributed by atoms with E-state index in [9.17, 15) is 4.21 Å². The summed E-state index contributed by atoms with van der Waals surface area (Å²) >= 11 is -1.91. The average molecular weight is 160 g/mol. The molecular weight excluding hydrogens is 152 g/mol. The van der Waals surface area contributed by atoms with Crippen molar-refractivity contribution < 1.29 is 8.76 Å². The van der Waals surface area contributed by atoms with Crippen LogP contribution in [0.15, 0.2) is 4.90 Å². The zero-order valence-corrected chi connectivity index (χ0v) is 6.53. The van der Waals surface area contributed by atoms with Gasteiger partial charge in [0.2, 0.25) is 0 Å². The van der Waals surface area contributed by atoms with Crippen molar-refractivity contribution in [2.75, 3.05) is 0 Å². The lowest BCUT2D eigenvalue weighted by atomic mass is 10.4. The summed E-state index contributed by atoms with van der Waals surface area (Å²) in [6.45, 7) is 3.40. The molecule has 0 aliphatic carbocycles. The molecule has 0 bridgehead atoms. The summed E-state index contributed by atoms with van der Waals surface area (Å²) in [6.07, 6.45) is 0. The molecule has 1 unspecified atom stereocenters. The molecule has 2 N–H and O–H groups in total. The third-order valence-electron chi connectivity index (χ3n) is 1.24. The molecule has 0 saturated carbocycles. The van der Waals surface area contributed by atoms with Crippen LogP contribution in [0.3, 0.4) is 0 Å². The Balaban J connectivity index is 3.23. The highest BCUT2D eigenvalue weighted by Gasteiger charge is 2.10. The normalized spacial score (nSPS) is 13.5. The number of nitrogens with zero attached hydrogens (tertiary/aromatic N) is 1. The van der Waals surface area contributed by atoms with E-state index in [1.54, 1.807) is 13.8 Å². The van der Waals surface area contributed by atoms with Crippen LogP contribution in [-0.2, 0) is 11.1 Å². The Hall–Kier alpha value is -0.680. The lowest BCUT2D eigenvalue weighted by Crippen LogP contribution is -1.90. The van der Waals surface area contributed by atoms with E-state index >= 15 is 0 Å². The molecule has 0 aliphatic heterocycles. The summed E-state index contributed by atoms with van der Waals surface area (Å²) < 4.78 is 19.2. The maximum atomic E-state index is 10.6. The first-order valence-corrected chi connectivity index (χ1v) is 3.86. The van der Waals surface area contributed by atoms with Crippen molar-refractivity contribution in [1.29, 1.82) is 0 Å². The molecule has 56 valence electrons. The number of hydrogen-bond acceptors (Lipinski definition) is 2. The molecule has 1 heterocycles. The molecule has 1 aromatic heterocycles. The van der Waals surface area contributed by atoms with Crippen molar-refractivity contribution in [3.8, 4) is 0 Å². The van der Waals surface area contributed by atoms with Crippen molar-refractivity contribution in [3.63, 3.8) is 0 Å². The lowest BCUT2D eigenvalue weighted by Gasteiger charge is -1.90. The van der Waals surface area contributed by atoms with Gasteiger partial charge in [-0.05, 0) is 13.8 Å². The van der Waals surface area contributed by atoms with Gasteiger partial charge in [0, 0.05) is 0 Å². The second kappa shape index (κ2) is 2.51. The van der Waals surface area contributed by atoms with Gasteiger partial charge >= 0.3 is 0 Å². The van der Waals surface area contributed by atoms with Gasteiger partial charge in [-0.25, -0.2) is 4.21 Å². The molecular formula is C5H8N2O2S. The molecule has 1 rings (SSSR count). The number of H-pyrrole nitrogens is 1. The second-order valence-corrected chi connectivity index (χ2v) is 2.92. The number of nitrogens with one attached hydrogen (secondary N) is 1. The van der Waals surface area contributed by atoms with E-state index in [4.69, 9.17) is 4.55 Å². The molecule has 1 atom stereocenters. The second-order valence-electron chi connectivity index (χ2n) is 2.01. The molecule has 10 heavy (non-hydrogen) atoms.